The van der Waals surface area contributed by atoms with Crippen LogP contribution in [0.5, 0.6) is 5.75 Å². The molecule has 0 saturated heterocycles. The van der Waals surface area contributed by atoms with Gasteiger partial charge in [0.15, 0.2) is 0 Å². The highest BCUT2D eigenvalue weighted by Crippen LogP contribution is 2.28. The van der Waals surface area contributed by atoms with Gasteiger partial charge in [0.2, 0.25) is 0 Å². The van der Waals surface area contributed by atoms with Crippen LogP contribution in [-0.4, -0.2) is 25.9 Å². The van der Waals surface area contributed by atoms with Crippen molar-refractivity contribution >= 4 is 0 Å². The lowest BCUT2D eigenvalue weighted by atomic mass is 10.0. The molecule has 2 rings (SSSR count). The smallest absolute Gasteiger partial charge is 0.119 e. The van der Waals surface area contributed by atoms with Gasteiger partial charge in [0, 0.05) is 19.3 Å². The van der Waals surface area contributed by atoms with E-state index in [4.69, 9.17) is 9.47 Å². The van der Waals surface area contributed by atoms with Crippen molar-refractivity contribution in [2.75, 3.05) is 19.8 Å². The van der Waals surface area contributed by atoms with E-state index in [2.05, 4.69) is 43.4 Å². The van der Waals surface area contributed by atoms with E-state index in [0.29, 0.717) is 12.1 Å². The summed E-state index contributed by atoms with van der Waals surface area (Å²) in [6, 6.07) is 8.94. The fraction of sp³-hybridized carbons (Fsp3) is 0.667. The van der Waals surface area contributed by atoms with Crippen LogP contribution in [0.1, 0.15) is 57.6 Å². The Morgan fingerprint density at radius 3 is 2.48 bits per heavy atom. The molecule has 1 unspecified atom stereocenters. The second-order valence-corrected chi connectivity index (χ2v) is 5.79. The summed E-state index contributed by atoms with van der Waals surface area (Å²) in [6.07, 6.45) is 6.12. The third-order valence-electron chi connectivity index (χ3n) is 3.65. The first kappa shape index (κ1) is 16.3. The van der Waals surface area contributed by atoms with Crippen molar-refractivity contribution in [2.24, 2.45) is 0 Å². The van der Waals surface area contributed by atoms with Crippen LogP contribution in [0.4, 0.5) is 0 Å². The van der Waals surface area contributed by atoms with Crippen LogP contribution in [-0.2, 0) is 4.74 Å². The van der Waals surface area contributed by atoms with Gasteiger partial charge >= 0.3 is 0 Å². The molecule has 3 heteroatoms. The van der Waals surface area contributed by atoms with Gasteiger partial charge in [0.1, 0.15) is 5.75 Å². The molecule has 1 N–H and O–H groups in total. The molecule has 0 spiro atoms. The van der Waals surface area contributed by atoms with E-state index in [1.807, 2.05) is 0 Å². The first-order valence-electron chi connectivity index (χ1n) is 8.41. The molecule has 0 radical (unpaired) electrons. The summed E-state index contributed by atoms with van der Waals surface area (Å²) in [7, 11) is 0. The predicted molar refractivity (Wildman–Crippen MR) is 86.9 cm³/mol. The van der Waals surface area contributed by atoms with E-state index in [9.17, 15) is 0 Å². The van der Waals surface area contributed by atoms with Gasteiger partial charge in [-0.05, 0) is 56.3 Å². The van der Waals surface area contributed by atoms with Crippen LogP contribution in [0.15, 0.2) is 24.3 Å². The average molecular weight is 291 g/mol. The SMILES string of the molecule is CCCNC(CCOCCC)c1ccc(OC2CC2)cc1. The van der Waals surface area contributed by atoms with Crippen molar-refractivity contribution in [3.63, 3.8) is 0 Å². The molecule has 1 saturated carbocycles. The predicted octanol–water partition coefficient (Wildman–Crippen LogP) is 4.09. The van der Waals surface area contributed by atoms with Crippen molar-refractivity contribution in [3.05, 3.63) is 29.8 Å². The summed E-state index contributed by atoms with van der Waals surface area (Å²) in [5, 5.41) is 3.61. The number of benzene rings is 1. The van der Waals surface area contributed by atoms with E-state index in [-0.39, 0.29) is 0 Å². The number of nitrogens with one attached hydrogen (secondary N) is 1. The van der Waals surface area contributed by atoms with E-state index in [1.54, 1.807) is 0 Å². The average Bonchev–Trinajstić information content (AvgIpc) is 3.32. The monoisotopic (exact) mass is 291 g/mol. The molecule has 1 aromatic rings. The van der Waals surface area contributed by atoms with Crippen molar-refractivity contribution in [2.45, 2.75) is 58.1 Å². The van der Waals surface area contributed by atoms with Gasteiger partial charge in [-0.25, -0.2) is 0 Å². The summed E-state index contributed by atoms with van der Waals surface area (Å²) in [5.74, 6) is 0.998. The van der Waals surface area contributed by atoms with E-state index in [0.717, 1.165) is 44.8 Å². The Hall–Kier alpha value is -1.06. The van der Waals surface area contributed by atoms with Gasteiger partial charge in [-0.15, -0.1) is 0 Å². The third-order valence-corrected chi connectivity index (χ3v) is 3.65. The minimum atomic E-state index is 0.372. The van der Waals surface area contributed by atoms with Gasteiger partial charge in [0.05, 0.1) is 6.10 Å². The number of hydrogen-bond donors (Lipinski definition) is 1. The molecule has 1 aliphatic rings. The van der Waals surface area contributed by atoms with Crippen LogP contribution in [0, 0.1) is 0 Å². The zero-order valence-electron chi connectivity index (χ0n) is 13.4. The molecular formula is C18H29NO2. The van der Waals surface area contributed by atoms with Crippen molar-refractivity contribution in [3.8, 4) is 5.75 Å². The first-order chi connectivity index (χ1) is 10.3. The van der Waals surface area contributed by atoms with Gasteiger partial charge in [-0.3, -0.25) is 0 Å². The van der Waals surface area contributed by atoms with Gasteiger partial charge < -0.3 is 14.8 Å². The highest BCUT2D eigenvalue weighted by molar-refractivity contribution is 5.29. The third kappa shape index (κ3) is 6.06. The number of rotatable bonds is 11. The Morgan fingerprint density at radius 1 is 1.10 bits per heavy atom. The topological polar surface area (TPSA) is 30.5 Å². The Balaban J connectivity index is 1.87. The minimum Gasteiger partial charge on any atom is -0.490 e. The second-order valence-electron chi connectivity index (χ2n) is 5.79. The molecule has 0 heterocycles. The van der Waals surface area contributed by atoms with Gasteiger partial charge in [0.25, 0.3) is 0 Å². The molecular weight excluding hydrogens is 262 g/mol. The van der Waals surface area contributed by atoms with Gasteiger partial charge in [-0.2, -0.15) is 0 Å². The van der Waals surface area contributed by atoms with Crippen LogP contribution in [0.2, 0.25) is 0 Å². The standard InChI is InChI=1S/C18H29NO2/c1-3-12-19-18(11-14-20-13-4-2)15-5-7-16(8-6-15)21-17-9-10-17/h5-8,17-19H,3-4,9-14H2,1-2H3. The first-order valence-corrected chi connectivity index (χ1v) is 8.41. The van der Waals surface area contributed by atoms with Crippen molar-refractivity contribution in [1.82, 2.24) is 5.32 Å². The molecule has 3 nitrogen and oxygen atoms in total. The fourth-order valence-corrected chi connectivity index (χ4v) is 2.31. The van der Waals surface area contributed by atoms with E-state index < -0.39 is 0 Å². The molecule has 0 amide bonds. The maximum Gasteiger partial charge on any atom is 0.119 e. The summed E-state index contributed by atoms with van der Waals surface area (Å²) >= 11 is 0. The summed E-state index contributed by atoms with van der Waals surface area (Å²) in [4.78, 5) is 0. The zero-order valence-corrected chi connectivity index (χ0v) is 13.4. The van der Waals surface area contributed by atoms with Gasteiger partial charge in [-0.1, -0.05) is 26.0 Å². The molecule has 1 aromatic carbocycles. The van der Waals surface area contributed by atoms with Crippen molar-refractivity contribution in [1.29, 1.82) is 0 Å². The molecule has 1 atom stereocenters. The lowest BCUT2D eigenvalue weighted by Crippen LogP contribution is -2.23. The number of ether oxygens (including phenoxy) is 2. The van der Waals surface area contributed by atoms with Crippen LogP contribution >= 0.6 is 0 Å². The maximum atomic E-state index is 5.81. The van der Waals surface area contributed by atoms with Crippen LogP contribution < -0.4 is 10.1 Å². The Bertz CT molecular complexity index is 387. The van der Waals surface area contributed by atoms with Crippen LogP contribution in [0.3, 0.4) is 0 Å². The number of hydrogen-bond acceptors (Lipinski definition) is 3. The Kier molecular flexibility index (Phi) is 7.04. The van der Waals surface area contributed by atoms with Crippen LogP contribution in [0.25, 0.3) is 0 Å². The minimum absolute atomic E-state index is 0.372. The summed E-state index contributed by atoms with van der Waals surface area (Å²) in [6.45, 7) is 7.05. The molecule has 21 heavy (non-hydrogen) atoms. The van der Waals surface area contributed by atoms with E-state index in [1.165, 1.54) is 18.4 Å². The normalized spacial score (nSPS) is 15.9. The lowest BCUT2D eigenvalue weighted by molar-refractivity contribution is 0.124. The largest absolute Gasteiger partial charge is 0.490 e. The lowest BCUT2D eigenvalue weighted by Gasteiger charge is -2.19. The highest BCUT2D eigenvalue weighted by Gasteiger charge is 2.23. The molecule has 0 aliphatic heterocycles. The molecule has 118 valence electrons. The maximum absolute atomic E-state index is 5.81. The highest BCUT2D eigenvalue weighted by atomic mass is 16.5. The molecule has 0 bridgehead atoms. The molecule has 0 aromatic heterocycles. The molecule has 1 aliphatic carbocycles. The second kappa shape index (κ2) is 9.06. The quantitative estimate of drug-likeness (QED) is 0.623. The Morgan fingerprint density at radius 2 is 1.86 bits per heavy atom. The summed E-state index contributed by atoms with van der Waals surface area (Å²) < 4.78 is 11.4. The zero-order chi connectivity index (χ0) is 14.9. The van der Waals surface area contributed by atoms with E-state index >= 15 is 0 Å². The Labute approximate surface area is 129 Å². The fourth-order valence-electron chi connectivity index (χ4n) is 2.31. The molecule has 1 fully saturated rings. The van der Waals surface area contributed by atoms with Crippen molar-refractivity contribution < 1.29 is 9.47 Å². The summed E-state index contributed by atoms with van der Waals surface area (Å²) in [5.41, 5.74) is 1.33.